The molecule has 0 spiro atoms. The summed E-state index contributed by atoms with van der Waals surface area (Å²) in [4.78, 5) is 0. The Bertz CT molecular complexity index is 1600. The zero-order chi connectivity index (χ0) is 18.9. The summed E-state index contributed by atoms with van der Waals surface area (Å²) in [5, 5.41) is 4.97. The van der Waals surface area contributed by atoms with Gasteiger partial charge in [0.15, 0.2) is 0 Å². The highest BCUT2D eigenvalue weighted by Gasteiger charge is 2.22. The molecule has 5 aromatic carbocycles. The van der Waals surface area contributed by atoms with Gasteiger partial charge in [0.05, 0.1) is 0 Å². The van der Waals surface area contributed by atoms with E-state index in [2.05, 4.69) is 84.9 Å². The highest BCUT2D eigenvalue weighted by atomic mass is 16.3. The van der Waals surface area contributed by atoms with Gasteiger partial charge in [0.25, 0.3) is 0 Å². The third kappa shape index (κ3) is 1.94. The van der Waals surface area contributed by atoms with Crippen molar-refractivity contribution >= 4 is 32.7 Å². The number of rotatable bonds is 1. The Balaban J connectivity index is 1.59. The lowest BCUT2D eigenvalue weighted by atomic mass is 9.95. The third-order valence-electron chi connectivity index (χ3n) is 6.20. The summed E-state index contributed by atoms with van der Waals surface area (Å²) in [6.07, 6.45) is 0. The van der Waals surface area contributed by atoms with Crippen LogP contribution in [0.5, 0.6) is 0 Å². The van der Waals surface area contributed by atoms with Crippen molar-refractivity contribution in [2.24, 2.45) is 0 Å². The molecule has 7 rings (SSSR count). The van der Waals surface area contributed by atoms with E-state index in [9.17, 15) is 0 Å². The zero-order valence-corrected chi connectivity index (χ0v) is 15.6. The van der Waals surface area contributed by atoms with Crippen molar-refractivity contribution in [1.82, 2.24) is 0 Å². The monoisotopic (exact) mass is 368 g/mol. The summed E-state index contributed by atoms with van der Waals surface area (Å²) >= 11 is 0. The number of benzene rings is 5. The first-order chi connectivity index (χ1) is 14.4. The molecule has 134 valence electrons. The summed E-state index contributed by atoms with van der Waals surface area (Å²) in [6, 6.07) is 34.7. The number of fused-ring (bicyclic) bond motifs is 6. The highest BCUT2D eigenvalue weighted by molar-refractivity contribution is 6.17. The fourth-order valence-electron chi connectivity index (χ4n) is 4.95. The maximum absolute atomic E-state index is 6.31. The van der Waals surface area contributed by atoms with Crippen molar-refractivity contribution in [2.75, 3.05) is 0 Å². The Hall–Kier alpha value is -3.84. The zero-order valence-electron chi connectivity index (χ0n) is 15.6. The first kappa shape index (κ1) is 15.1. The fourth-order valence-corrected chi connectivity index (χ4v) is 4.95. The molecular formula is C28H16O. The molecular weight excluding hydrogens is 352 g/mol. The van der Waals surface area contributed by atoms with E-state index in [1.807, 2.05) is 12.1 Å². The lowest BCUT2D eigenvalue weighted by Crippen LogP contribution is -1.83. The maximum Gasteiger partial charge on any atom is 0.143 e. The minimum atomic E-state index is 0.938. The molecule has 0 saturated heterocycles. The topological polar surface area (TPSA) is 13.1 Å². The standard InChI is InChI=1S/C28H16O/c1-2-9-21-20(8-1)23-12-5-7-17-15-18(16-25(21)27(17)23)19-11-6-13-24-22-10-3-4-14-26(22)29-28(19)24/h1-16H. The molecule has 0 bridgehead atoms. The van der Waals surface area contributed by atoms with Gasteiger partial charge in [0.1, 0.15) is 11.2 Å². The Morgan fingerprint density at radius 1 is 0.483 bits per heavy atom. The molecule has 0 unspecified atom stereocenters. The SMILES string of the molecule is c1ccc2c(c1)-c1cccc3cc(-c4cccc5c4oc4ccccc45)cc-2c13. The van der Waals surface area contributed by atoms with Crippen LogP contribution >= 0.6 is 0 Å². The molecule has 0 atom stereocenters. The van der Waals surface area contributed by atoms with E-state index in [1.54, 1.807) is 0 Å². The van der Waals surface area contributed by atoms with Crippen molar-refractivity contribution in [1.29, 1.82) is 0 Å². The van der Waals surface area contributed by atoms with Gasteiger partial charge in [-0.1, -0.05) is 78.9 Å². The van der Waals surface area contributed by atoms with Crippen LogP contribution in [0, 0.1) is 0 Å². The molecule has 0 saturated carbocycles. The van der Waals surface area contributed by atoms with Gasteiger partial charge >= 0.3 is 0 Å². The first-order valence-electron chi connectivity index (χ1n) is 9.96. The van der Waals surface area contributed by atoms with Gasteiger partial charge in [0.2, 0.25) is 0 Å². The summed E-state index contributed by atoms with van der Waals surface area (Å²) < 4.78 is 6.31. The quantitative estimate of drug-likeness (QED) is 0.286. The van der Waals surface area contributed by atoms with Gasteiger partial charge in [-0.3, -0.25) is 0 Å². The average Bonchev–Trinajstić information content (AvgIpc) is 3.31. The smallest absolute Gasteiger partial charge is 0.143 e. The van der Waals surface area contributed by atoms with Gasteiger partial charge in [-0.25, -0.2) is 0 Å². The number of hydrogen-bond acceptors (Lipinski definition) is 1. The third-order valence-corrected chi connectivity index (χ3v) is 6.20. The lowest BCUT2D eigenvalue weighted by molar-refractivity contribution is 0.670. The molecule has 1 heterocycles. The predicted octanol–water partition coefficient (Wildman–Crippen LogP) is 8.05. The second-order valence-corrected chi connectivity index (χ2v) is 7.75. The molecule has 0 radical (unpaired) electrons. The van der Waals surface area contributed by atoms with Crippen LogP contribution in [0.25, 0.3) is 66.1 Å². The van der Waals surface area contributed by atoms with Gasteiger partial charge in [-0.05, 0) is 56.8 Å². The Labute approximate surface area is 167 Å². The van der Waals surface area contributed by atoms with Gasteiger partial charge in [-0.15, -0.1) is 0 Å². The van der Waals surface area contributed by atoms with E-state index in [1.165, 1.54) is 49.4 Å². The van der Waals surface area contributed by atoms with Crippen LogP contribution in [0.1, 0.15) is 0 Å². The molecule has 1 heteroatoms. The average molecular weight is 368 g/mol. The lowest BCUT2D eigenvalue weighted by Gasteiger charge is -2.08. The molecule has 1 aliphatic carbocycles. The molecule has 0 amide bonds. The normalized spacial score (nSPS) is 12.1. The van der Waals surface area contributed by atoms with E-state index in [4.69, 9.17) is 4.42 Å². The van der Waals surface area contributed by atoms with E-state index >= 15 is 0 Å². The van der Waals surface area contributed by atoms with Crippen molar-refractivity contribution in [3.05, 3.63) is 97.1 Å². The molecule has 29 heavy (non-hydrogen) atoms. The Morgan fingerprint density at radius 3 is 2.10 bits per heavy atom. The predicted molar refractivity (Wildman–Crippen MR) is 121 cm³/mol. The minimum absolute atomic E-state index is 0.938. The van der Waals surface area contributed by atoms with Crippen LogP contribution < -0.4 is 0 Å². The van der Waals surface area contributed by atoms with Crippen LogP contribution in [-0.2, 0) is 0 Å². The Kier molecular flexibility index (Phi) is 2.80. The number of hydrogen-bond donors (Lipinski definition) is 0. The van der Waals surface area contributed by atoms with Crippen molar-refractivity contribution in [3.8, 4) is 33.4 Å². The van der Waals surface area contributed by atoms with Gasteiger partial charge in [-0.2, -0.15) is 0 Å². The van der Waals surface area contributed by atoms with Crippen LogP contribution in [0.4, 0.5) is 0 Å². The maximum atomic E-state index is 6.31. The van der Waals surface area contributed by atoms with E-state index in [0.29, 0.717) is 0 Å². The molecule has 0 N–H and O–H groups in total. The van der Waals surface area contributed by atoms with Crippen molar-refractivity contribution < 1.29 is 4.42 Å². The molecule has 1 aliphatic rings. The summed E-state index contributed by atoms with van der Waals surface area (Å²) in [6.45, 7) is 0. The van der Waals surface area contributed by atoms with Crippen molar-refractivity contribution in [3.63, 3.8) is 0 Å². The molecule has 0 fully saturated rings. The summed E-state index contributed by atoms with van der Waals surface area (Å²) in [5.74, 6) is 0. The van der Waals surface area contributed by atoms with Gasteiger partial charge in [0, 0.05) is 16.3 Å². The van der Waals surface area contributed by atoms with E-state index < -0.39 is 0 Å². The fraction of sp³-hybridized carbons (Fsp3) is 0. The second kappa shape index (κ2) is 5.36. The Morgan fingerprint density at radius 2 is 1.17 bits per heavy atom. The van der Waals surface area contributed by atoms with Crippen LogP contribution in [-0.4, -0.2) is 0 Å². The summed E-state index contributed by atoms with van der Waals surface area (Å²) in [5.41, 5.74) is 9.54. The molecule has 6 aromatic rings. The highest BCUT2D eigenvalue weighted by Crippen LogP contribution is 2.49. The van der Waals surface area contributed by atoms with E-state index in [0.717, 1.165) is 16.7 Å². The van der Waals surface area contributed by atoms with Gasteiger partial charge < -0.3 is 4.42 Å². The van der Waals surface area contributed by atoms with Crippen LogP contribution in [0.2, 0.25) is 0 Å². The molecule has 0 aliphatic heterocycles. The summed E-state index contributed by atoms with van der Waals surface area (Å²) in [7, 11) is 0. The van der Waals surface area contributed by atoms with Crippen molar-refractivity contribution in [2.45, 2.75) is 0 Å². The van der Waals surface area contributed by atoms with Crippen LogP contribution in [0.15, 0.2) is 101 Å². The number of furan rings is 1. The largest absolute Gasteiger partial charge is 0.455 e. The molecule has 1 nitrogen and oxygen atoms in total. The minimum Gasteiger partial charge on any atom is -0.455 e. The van der Waals surface area contributed by atoms with Crippen LogP contribution in [0.3, 0.4) is 0 Å². The van der Waals surface area contributed by atoms with E-state index in [-0.39, 0.29) is 0 Å². The first-order valence-corrected chi connectivity index (χ1v) is 9.96. The second-order valence-electron chi connectivity index (χ2n) is 7.75. The number of para-hydroxylation sites is 2. The molecule has 1 aromatic heterocycles.